The average molecular weight is 267 g/mol. The van der Waals surface area contributed by atoms with Crippen LogP contribution in [0.4, 0.5) is 0 Å². The molecule has 0 aromatic carbocycles. The van der Waals surface area contributed by atoms with Crippen LogP contribution in [-0.4, -0.2) is 35.0 Å². The molecule has 0 aromatic heterocycles. The lowest BCUT2D eigenvalue weighted by atomic mass is 9.80. The molecule has 1 N–H and O–H groups in total. The Kier molecular flexibility index (Phi) is 4.48. The maximum atomic E-state index is 12.5. The van der Waals surface area contributed by atoms with Crippen molar-refractivity contribution in [3.63, 3.8) is 0 Å². The molecule has 1 heterocycles. The summed E-state index contributed by atoms with van der Waals surface area (Å²) in [5.74, 6) is 0.675. The second-order valence-electron chi connectivity index (χ2n) is 6.41. The van der Waals surface area contributed by atoms with E-state index in [-0.39, 0.29) is 17.7 Å². The van der Waals surface area contributed by atoms with Crippen molar-refractivity contribution in [3.05, 3.63) is 0 Å². The fraction of sp³-hybridized carbons (Fsp3) is 0.867. The van der Waals surface area contributed by atoms with Crippen molar-refractivity contribution in [3.8, 4) is 0 Å². The molecule has 108 valence electrons. The van der Waals surface area contributed by atoms with E-state index in [2.05, 4.69) is 13.8 Å². The van der Waals surface area contributed by atoms with E-state index in [0.717, 1.165) is 32.4 Å². The van der Waals surface area contributed by atoms with Crippen LogP contribution < -0.4 is 0 Å². The lowest BCUT2D eigenvalue weighted by molar-refractivity contribution is -0.146. The first-order chi connectivity index (χ1) is 8.99. The minimum atomic E-state index is -0.702. The fourth-order valence-corrected chi connectivity index (χ4v) is 3.31. The van der Waals surface area contributed by atoms with Gasteiger partial charge in [0, 0.05) is 19.0 Å². The normalized spacial score (nSPS) is 36.0. The maximum Gasteiger partial charge on any atom is 0.306 e. The summed E-state index contributed by atoms with van der Waals surface area (Å²) in [7, 11) is 0. The molecule has 2 rings (SSSR count). The highest BCUT2D eigenvalue weighted by atomic mass is 16.4. The van der Waals surface area contributed by atoms with Crippen molar-refractivity contribution in [1.82, 2.24) is 4.90 Å². The largest absolute Gasteiger partial charge is 0.481 e. The summed E-state index contributed by atoms with van der Waals surface area (Å²) in [5.41, 5.74) is 0. The number of nitrogens with zero attached hydrogens (tertiary/aromatic N) is 1. The Labute approximate surface area is 115 Å². The van der Waals surface area contributed by atoms with Gasteiger partial charge in [0.05, 0.1) is 5.92 Å². The minimum absolute atomic E-state index is 0.0659. The number of likely N-dealkylation sites (tertiary alicyclic amines) is 1. The van der Waals surface area contributed by atoms with E-state index < -0.39 is 5.97 Å². The number of carboxylic acid groups (broad SMARTS) is 1. The first-order valence-corrected chi connectivity index (χ1v) is 7.50. The summed E-state index contributed by atoms with van der Waals surface area (Å²) in [4.78, 5) is 25.4. The van der Waals surface area contributed by atoms with Crippen molar-refractivity contribution in [2.45, 2.75) is 46.0 Å². The average Bonchev–Trinajstić information content (AvgIpc) is 2.41. The summed E-state index contributed by atoms with van der Waals surface area (Å²) in [6, 6.07) is 0. The van der Waals surface area contributed by atoms with Crippen molar-refractivity contribution >= 4 is 11.9 Å². The van der Waals surface area contributed by atoms with Crippen molar-refractivity contribution < 1.29 is 14.7 Å². The Balaban J connectivity index is 1.86. The van der Waals surface area contributed by atoms with Gasteiger partial charge < -0.3 is 10.0 Å². The van der Waals surface area contributed by atoms with Crippen molar-refractivity contribution in [2.24, 2.45) is 23.7 Å². The molecular weight excluding hydrogens is 242 g/mol. The molecular formula is C15H25NO3. The number of carboxylic acids is 1. The van der Waals surface area contributed by atoms with E-state index in [0.29, 0.717) is 24.7 Å². The molecule has 2 fully saturated rings. The van der Waals surface area contributed by atoms with Crippen LogP contribution in [-0.2, 0) is 9.59 Å². The van der Waals surface area contributed by atoms with Gasteiger partial charge in [-0.05, 0) is 43.9 Å². The minimum Gasteiger partial charge on any atom is -0.481 e. The summed E-state index contributed by atoms with van der Waals surface area (Å²) in [6.45, 7) is 6.22. The molecule has 0 bridgehead atoms. The van der Waals surface area contributed by atoms with Gasteiger partial charge in [-0.15, -0.1) is 0 Å². The Morgan fingerprint density at radius 2 is 1.53 bits per heavy atom. The van der Waals surface area contributed by atoms with E-state index in [1.165, 1.54) is 0 Å². The molecule has 1 saturated carbocycles. The topological polar surface area (TPSA) is 57.6 Å². The molecule has 0 aromatic rings. The van der Waals surface area contributed by atoms with Gasteiger partial charge in [0.25, 0.3) is 0 Å². The zero-order valence-corrected chi connectivity index (χ0v) is 12.0. The molecule has 2 atom stereocenters. The molecule has 19 heavy (non-hydrogen) atoms. The summed E-state index contributed by atoms with van der Waals surface area (Å²) < 4.78 is 0. The van der Waals surface area contributed by atoms with Crippen LogP contribution in [0, 0.1) is 23.7 Å². The summed E-state index contributed by atoms with van der Waals surface area (Å²) in [6.07, 6.45) is 3.90. The van der Waals surface area contributed by atoms with Crippen LogP contribution in [0.2, 0.25) is 0 Å². The Bertz CT molecular complexity index is 347. The van der Waals surface area contributed by atoms with E-state index in [9.17, 15) is 9.59 Å². The third-order valence-corrected chi connectivity index (χ3v) is 5.07. The number of aliphatic carboxylic acids is 1. The van der Waals surface area contributed by atoms with Crippen LogP contribution in [0.5, 0.6) is 0 Å². The van der Waals surface area contributed by atoms with Crippen molar-refractivity contribution in [1.29, 1.82) is 0 Å². The molecule has 1 aliphatic carbocycles. The van der Waals surface area contributed by atoms with Gasteiger partial charge in [-0.25, -0.2) is 0 Å². The molecule has 0 spiro atoms. The SMILES string of the molecule is CC1CCN(C(=O)C2CCC(C(=O)O)CC2)CC1C. The summed E-state index contributed by atoms with van der Waals surface area (Å²) >= 11 is 0. The van der Waals surface area contributed by atoms with Crippen LogP contribution >= 0.6 is 0 Å². The highest BCUT2D eigenvalue weighted by Crippen LogP contribution is 2.32. The second-order valence-corrected chi connectivity index (χ2v) is 6.41. The highest BCUT2D eigenvalue weighted by molar-refractivity contribution is 5.79. The Hall–Kier alpha value is -1.06. The first kappa shape index (κ1) is 14.4. The van der Waals surface area contributed by atoms with Gasteiger partial charge in [-0.3, -0.25) is 9.59 Å². The highest BCUT2D eigenvalue weighted by Gasteiger charge is 2.34. The lowest BCUT2D eigenvalue weighted by Crippen LogP contribution is -2.45. The fourth-order valence-electron chi connectivity index (χ4n) is 3.31. The molecule has 4 heteroatoms. The lowest BCUT2D eigenvalue weighted by Gasteiger charge is -2.38. The molecule has 0 radical (unpaired) electrons. The second kappa shape index (κ2) is 5.93. The van der Waals surface area contributed by atoms with Gasteiger partial charge in [0.2, 0.25) is 5.91 Å². The van der Waals surface area contributed by atoms with Crippen LogP contribution in [0.1, 0.15) is 46.0 Å². The van der Waals surface area contributed by atoms with E-state index >= 15 is 0 Å². The maximum absolute atomic E-state index is 12.5. The monoisotopic (exact) mass is 267 g/mol. The zero-order chi connectivity index (χ0) is 14.0. The van der Waals surface area contributed by atoms with Gasteiger partial charge >= 0.3 is 5.97 Å². The summed E-state index contributed by atoms with van der Waals surface area (Å²) in [5, 5.41) is 8.98. The van der Waals surface area contributed by atoms with Crippen LogP contribution in [0.3, 0.4) is 0 Å². The number of carbonyl (C=O) groups excluding carboxylic acids is 1. The van der Waals surface area contributed by atoms with Gasteiger partial charge in [-0.2, -0.15) is 0 Å². The van der Waals surface area contributed by atoms with Crippen molar-refractivity contribution in [2.75, 3.05) is 13.1 Å². The third kappa shape index (κ3) is 3.28. The zero-order valence-electron chi connectivity index (χ0n) is 12.0. The van der Waals surface area contributed by atoms with E-state index in [1.54, 1.807) is 0 Å². The number of hydrogen-bond acceptors (Lipinski definition) is 2. The standard InChI is InChI=1S/C15H25NO3/c1-10-7-8-16(9-11(10)2)14(17)12-3-5-13(6-4-12)15(18)19/h10-13H,3-9H2,1-2H3,(H,18,19). The van der Waals surface area contributed by atoms with E-state index in [1.807, 2.05) is 4.90 Å². The smallest absolute Gasteiger partial charge is 0.306 e. The predicted octanol–water partition coefficient (Wildman–Crippen LogP) is 2.38. The number of rotatable bonds is 2. The molecule has 2 unspecified atom stereocenters. The first-order valence-electron chi connectivity index (χ1n) is 7.50. The quantitative estimate of drug-likeness (QED) is 0.835. The van der Waals surface area contributed by atoms with Crippen LogP contribution in [0.15, 0.2) is 0 Å². The number of piperidine rings is 1. The Morgan fingerprint density at radius 1 is 0.947 bits per heavy atom. The predicted molar refractivity (Wildman–Crippen MR) is 72.6 cm³/mol. The molecule has 2 aliphatic rings. The third-order valence-electron chi connectivity index (χ3n) is 5.07. The number of amides is 1. The Morgan fingerprint density at radius 3 is 2.05 bits per heavy atom. The molecule has 1 saturated heterocycles. The van der Waals surface area contributed by atoms with Crippen LogP contribution in [0.25, 0.3) is 0 Å². The molecule has 1 amide bonds. The van der Waals surface area contributed by atoms with E-state index in [4.69, 9.17) is 5.11 Å². The van der Waals surface area contributed by atoms with Gasteiger partial charge in [-0.1, -0.05) is 13.8 Å². The van der Waals surface area contributed by atoms with Gasteiger partial charge in [0.15, 0.2) is 0 Å². The number of carbonyl (C=O) groups is 2. The molecule has 4 nitrogen and oxygen atoms in total. The molecule has 1 aliphatic heterocycles. The van der Waals surface area contributed by atoms with Gasteiger partial charge in [0.1, 0.15) is 0 Å². The number of hydrogen-bond donors (Lipinski definition) is 1.